The number of esters is 1. The molecule has 0 aliphatic carbocycles. The molecule has 2 aromatic rings. The maximum Gasteiger partial charge on any atom is 0.335 e. The number of hydrogen-bond acceptors (Lipinski definition) is 7. The van der Waals surface area contributed by atoms with Crippen LogP contribution in [-0.2, 0) is 16.0 Å². The van der Waals surface area contributed by atoms with E-state index < -0.39 is 12.1 Å². The van der Waals surface area contributed by atoms with E-state index in [0.717, 1.165) is 5.56 Å². The molecule has 0 radical (unpaired) electrons. The predicted octanol–water partition coefficient (Wildman–Crippen LogP) is 0.822. The summed E-state index contributed by atoms with van der Waals surface area (Å²) in [7, 11) is 2.76. The van der Waals surface area contributed by atoms with E-state index in [1.165, 1.54) is 7.11 Å². The van der Waals surface area contributed by atoms with Gasteiger partial charge in [-0.15, -0.1) is 0 Å². The summed E-state index contributed by atoms with van der Waals surface area (Å²) < 4.78 is 14.3. The summed E-state index contributed by atoms with van der Waals surface area (Å²) in [6.07, 6.45) is -1.35. The van der Waals surface area contributed by atoms with Crippen molar-refractivity contribution >= 4 is 5.97 Å². The molecular formula is C13H14N2O5. The summed E-state index contributed by atoms with van der Waals surface area (Å²) in [4.78, 5) is 11.2. The molecule has 1 heterocycles. The van der Waals surface area contributed by atoms with Crippen LogP contribution in [0.2, 0.25) is 0 Å². The molecule has 0 bridgehead atoms. The lowest BCUT2D eigenvalue weighted by atomic mass is 10.1. The van der Waals surface area contributed by atoms with Gasteiger partial charge in [-0.05, 0) is 17.3 Å². The van der Waals surface area contributed by atoms with Crippen molar-refractivity contribution in [1.29, 1.82) is 0 Å². The van der Waals surface area contributed by atoms with Crippen molar-refractivity contribution in [1.82, 2.24) is 10.3 Å². The Morgan fingerprint density at radius 2 is 2.20 bits per heavy atom. The van der Waals surface area contributed by atoms with E-state index in [2.05, 4.69) is 19.7 Å². The minimum Gasteiger partial charge on any atom is -0.497 e. The average Bonchev–Trinajstić information content (AvgIpc) is 2.94. The number of hydrogen-bond donors (Lipinski definition) is 1. The van der Waals surface area contributed by atoms with Gasteiger partial charge in [-0.25, -0.2) is 9.42 Å². The molecule has 0 saturated heterocycles. The number of aromatic nitrogens is 2. The van der Waals surface area contributed by atoms with Gasteiger partial charge in [-0.1, -0.05) is 17.3 Å². The van der Waals surface area contributed by atoms with Crippen LogP contribution in [0.1, 0.15) is 5.69 Å². The van der Waals surface area contributed by atoms with Crippen LogP contribution in [0.15, 0.2) is 28.9 Å². The fourth-order valence-corrected chi connectivity index (χ4v) is 1.73. The number of benzene rings is 1. The lowest BCUT2D eigenvalue weighted by Crippen LogP contribution is -2.24. The molecule has 0 saturated carbocycles. The number of carbonyl (C=O) groups is 1. The second-order valence-electron chi connectivity index (χ2n) is 4.03. The third kappa shape index (κ3) is 2.94. The van der Waals surface area contributed by atoms with E-state index >= 15 is 0 Å². The Kier molecular flexibility index (Phi) is 4.31. The first kappa shape index (κ1) is 14.0. The normalized spacial score (nSPS) is 11.9. The minimum atomic E-state index is -1.31. The average molecular weight is 278 g/mol. The molecule has 0 fully saturated rings. The Labute approximate surface area is 115 Å². The largest absolute Gasteiger partial charge is 0.497 e. The predicted molar refractivity (Wildman–Crippen MR) is 68.0 cm³/mol. The highest BCUT2D eigenvalue weighted by Gasteiger charge is 2.22. The Morgan fingerprint density at radius 1 is 1.40 bits per heavy atom. The highest BCUT2D eigenvalue weighted by atomic mass is 16.6. The summed E-state index contributed by atoms with van der Waals surface area (Å²) >= 11 is 0. The first-order valence-electron chi connectivity index (χ1n) is 5.87. The SMILES string of the molecule is COC(=O)C(O)Cc1nonc1-c1cccc(OC)c1. The zero-order valence-corrected chi connectivity index (χ0v) is 11.1. The summed E-state index contributed by atoms with van der Waals surface area (Å²) in [5.74, 6) is -0.0745. The van der Waals surface area contributed by atoms with Crippen molar-refractivity contribution in [2.75, 3.05) is 14.2 Å². The Balaban J connectivity index is 2.26. The van der Waals surface area contributed by atoms with Gasteiger partial charge in [0.2, 0.25) is 0 Å². The maximum atomic E-state index is 11.2. The standard InChI is InChI=1S/C13H14N2O5/c1-18-9-5-3-4-8(6-9)12-10(14-20-15-12)7-11(16)13(17)19-2/h3-6,11,16H,7H2,1-2H3. The monoisotopic (exact) mass is 278 g/mol. The van der Waals surface area contributed by atoms with Gasteiger partial charge in [0.15, 0.2) is 6.10 Å². The Bertz CT molecular complexity index is 596. The second-order valence-corrected chi connectivity index (χ2v) is 4.03. The van der Waals surface area contributed by atoms with E-state index in [-0.39, 0.29) is 6.42 Å². The quantitative estimate of drug-likeness (QED) is 0.809. The third-order valence-electron chi connectivity index (χ3n) is 2.76. The highest BCUT2D eigenvalue weighted by molar-refractivity contribution is 5.75. The van der Waals surface area contributed by atoms with Crippen LogP contribution < -0.4 is 4.74 Å². The molecule has 1 aromatic carbocycles. The lowest BCUT2D eigenvalue weighted by molar-refractivity contribution is -0.150. The molecule has 20 heavy (non-hydrogen) atoms. The van der Waals surface area contributed by atoms with E-state index in [0.29, 0.717) is 17.1 Å². The number of aliphatic hydroxyl groups is 1. The van der Waals surface area contributed by atoms with Gasteiger partial charge in [0.1, 0.15) is 17.1 Å². The van der Waals surface area contributed by atoms with Crippen molar-refractivity contribution in [2.45, 2.75) is 12.5 Å². The Hall–Kier alpha value is -2.41. The molecule has 7 heteroatoms. The third-order valence-corrected chi connectivity index (χ3v) is 2.76. The van der Waals surface area contributed by atoms with E-state index in [4.69, 9.17) is 4.74 Å². The number of carbonyl (C=O) groups excluding carboxylic acids is 1. The van der Waals surface area contributed by atoms with Crippen LogP contribution in [0.5, 0.6) is 5.75 Å². The van der Waals surface area contributed by atoms with Gasteiger partial charge in [-0.2, -0.15) is 0 Å². The molecule has 0 aliphatic heterocycles. The van der Waals surface area contributed by atoms with Crippen LogP contribution in [-0.4, -0.2) is 41.7 Å². The van der Waals surface area contributed by atoms with Crippen molar-refractivity contribution < 1.29 is 24.0 Å². The van der Waals surface area contributed by atoms with Crippen LogP contribution in [0.25, 0.3) is 11.3 Å². The van der Waals surface area contributed by atoms with Gasteiger partial charge in [0.25, 0.3) is 0 Å². The van der Waals surface area contributed by atoms with Crippen LogP contribution in [0.3, 0.4) is 0 Å². The summed E-state index contributed by atoms with van der Waals surface area (Å²) in [6, 6.07) is 7.15. The number of aliphatic hydroxyl groups excluding tert-OH is 1. The second kappa shape index (κ2) is 6.16. The molecular weight excluding hydrogens is 264 g/mol. The highest BCUT2D eigenvalue weighted by Crippen LogP contribution is 2.25. The van der Waals surface area contributed by atoms with Gasteiger partial charge in [0.05, 0.1) is 14.2 Å². The summed E-state index contributed by atoms with van der Waals surface area (Å²) in [5, 5.41) is 17.2. The van der Waals surface area contributed by atoms with Crippen LogP contribution >= 0.6 is 0 Å². The first-order valence-corrected chi connectivity index (χ1v) is 5.87. The summed E-state index contributed by atoms with van der Waals surface area (Å²) in [6.45, 7) is 0. The van der Waals surface area contributed by atoms with Crippen molar-refractivity contribution in [3.05, 3.63) is 30.0 Å². The minimum absolute atomic E-state index is 0.0390. The topological polar surface area (TPSA) is 94.7 Å². The van der Waals surface area contributed by atoms with Crippen molar-refractivity contribution in [3.8, 4) is 17.0 Å². The van der Waals surface area contributed by atoms with Gasteiger partial charge in [-0.3, -0.25) is 0 Å². The van der Waals surface area contributed by atoms with E-state index in [9.17, 15) is 9.90 Å². The first-order chi connectivity index (χ1) is 9.65. The fraction of sp³-hybridized carbons (Fsp3) is 0.308. The van der Waals surface area contributed by atoms with Gasteiger partial charge >= 0.3 is 5.97 Å². The van der Waals surface area contributed by atoms with Gasteiger partial charge in [0, 0.05) is 12.0 Å². The van der Waals surface area contributed by atoms with Gasteiger partial charge < -0.3 is 14.6 Å². The molecule has 106 valence electrons. The van der Waals surface area contributed by atoms with E-state index in [1.807, 2.05) is 0 Å². The van der Waals surface area contributed by atoms with Crippen LogP contribution in [0, 0.1) is 0 Å². The molecule has 7 nitrogen and oxygen atoms in total. The Morgan fingerprint density at radius 3 is 2.90 bits per heavy atom. The molecule has 0 amide bonds. The van der Waals surface area contributed by atoms with Crippen molar-refractivity contribution in [2.24, 2.45) is 0 Å². The number of nitrogens with zero attached hydrogens (tertiary/aromatic N) is 2. The number of rotatable bonds is 5. The number of ether oxygens (including phenoxy) is 2. The molecule has 1 N–H and O–H groups in total. The molecule has 2 rings (SSSR count). The number of methoxy groups -OCH3 is 2. The zero-order chi connectivity index (χ0) is 14.5. The molecule has 0 spiro atoms. The van der Waals surface area contributed by atoms with E-state index in [1.54, 1.807) is 31.4 Å². The summed E-state index contributed by atoms with van der Waals surface area (Å²) in [5.41, 5.74) is 1.54. The molecule has 1 atom stereocenters. The lowest BCUT2D eigenvalue weighted by Gasteiger charge is -2.07. The molecule has 1 unspecified atom stereocenters. The zero-order valence-electron chi connectivity index (χ0n) is 11.1. The van der Waals surface area contributed by atoms with Crippen LogP contribution in [0.4, 0.5) is 0 Å². The molecule has 0 aliphatic rings. The molecule has 1 aromatic heterocycles. The smallest absolute Gasteiger partial charge is 0.335 e. The fourth-order valence-electron chi connectivity index (χ4n) is 1.73. The van der Waals surface area contributed by atoms with Crippen molar-refractivity contribution in [3.63, 3.8) is 0 Å². The maximum absolute atomic E-state index is 11.2.